The first-order valence-electron chi connectivity index (χ1n) is 7.36. The Balaban J connectivity index is 1.68. The van der Waals surface area contributed by atoms with Gasteiger partial charge in [-0.05, 0) is 18.1 Å². The fraction of sp³-hybridized carbons (Fsp3) is 0.357. The van der Waals surface area contributed by atoms with Crippen molar-refractivity contribution in [3.63, 3.8) is 0 Å². The molecule has 0 spiro atoms. The van der Waals surface area contributed by atoms with Gasteiger partial charge in [-0.2, -0.15) is 0 Å². The summed E-state index contributed by atoms with van der Waals surface area (Å²) in [4.78, 5) is 35.8. The Morgan fingerprint density at radius 1 is 1.42 bits per heavy atom. The van der Waals surface area contributed by atoms with Crippen molar-refractivity contribution in [2.75, 3.05) is 19.7 Å². The van der Waals surface area contributed by atoms with Crippen molar-refractivity contribution in [3.05, 3.63) is 29.3 Å². The van der Waals surface area contributed by atoms with Crippen LogP contribution in [0.1, 0.15) is 15.9 Å². The summed E-state index contributed by atoms with van der Waals surface area (Å²) in [5.41, 5.74) is 0.530. The number of carboxylic acid groups (broad SMARTS) is 1. The van der Waals surface area contributed by atoms with Crippen molar-refractivity contribution >= 4 is 25.1 Å². The Morgan fingerprint density at radius 2 is 2.21 bits per heavy atom. The molecular weight excluding hydrogens is 319 g/mol. The van der Waals surface area contributed by atoms with Gasteiger partial charge in [0.25, 0.3) is 0 Å². The van der Waals surface area contributed by atoms with Crippen LogP contribution in [0.15, 0.2) is 18.2 Å². The third kappa shape index (κ3) is 3.13. The standard InChI is InChI=1S/C14H15BN2O7/c18-11(7-17-4-5-23-14(17)21)16-10-6-8-2-1-3-9(13(19)20)12(8)24-15(10)22/h1-3,10,22H,4-7H2,(H,16,18)(H,19,20). The van der Waals surface area contributed by atoms with E-state index in [4.69, 9.17) is 14.5 Å². The number of amides is 2. The lowest BCUT2D eigenvalue weighted by atomic mass is 9.72. The van der Waals surface area contributed by atoms with Gasteiger partial charge < -0.3 is 24.8 Å². The van der Waals surface area contributed by atoms with Gasteiger partial charge in [0.1, 0.15) is 18.9 Å². The molecule has 0 aromatic heterocycles. The van der Waals surface area contributed by atoms with Crippen molar-refractivity contribution in [1.82, 2.24) is 10.2 Å². The Hall–Kier alpha value is -2.75. The molecule has 10 heteroatoms. The van der Waals surface area contributed by atoms with Crippen LogP contribution >= 0.6 is 0 Å². The van der Waals surface area contributed by atoms with Crippen LogP contribution in [0.3, 0.4) is 0 Å². The number of hydrogen-bond donors (Lipinski definition) is 3. The Labute approximate surface area is 137 Å². The van der Waals surface area contributed by atoms with Crippen molar-refractivity contribution in [1.29, 1.82) is 0 Å². The lowest BCUT2D eigenvalue weighted by Gasteiger charge is -2.29. The van der Waals surface area contributed by atoms with E-state index >= 15 is 0 Å². The lowest BCUT2D eigenvalue weighted by Crippen LogP contribution is -2.55. The van der Waals surface area contributed by atoms with Crippen LogP contribution in [0.4, 0.5) is 4.79 Å². The summed E-state index contributed by atoms with van der Waals surface area (Å²) in [5.74, 6) is -2.26. The van der Waals surface area contributed by atoms with Gasteiger partial charge in [0.2, 0.25) is 5.91 Å². The Kier molecular flexibility index (Phi) is 4.30. The second-order valence-electron chi connectivity index (χ2n) is 5.52. The summed E-state index contributed by atoms with van der Waals surface area (Å²) < 4.78 is 10.0. The largest absolute Gasteiger partial charge is 0.547 e. The number of carbonyl (C=O) groups is 3. The van der Waals surface area contributed by atoms with E-state index in [9.17, 15) is 19.4 Å². The second-order valence-corrected chi connectivity index (χ2v) is 5.52. The third-order valence-electron chi connectivity index (χ3n) is 3.88. The molecule has 2 amide bonds. The zero-order valence-electron chi connectivity index (χ0n) is 12.6. The maximum absolute atomic E-state index is 12.0. The predicted octanol–water partition coefficient (Wildman–Crippen LogP) is -0.724. The van der Waals surface area contributed by atoms with Gasteiger partial charge in [-0.25, -0.2) is 9.59 Å². The molecule has 0 aliphatic carbocycles. The van der Waals surface area contributed by atoms with E-state index in [2.05, 4.69) is 5.32 Å². The average molecular weight is 334 g/mol. The molecule has 2 aliphatic heterocycles. The fourth-order valence-corrected chi connectivity index (χ4v) is 2.71. The van der Waals surface area contributed by atoms with Crippen LogP contribution in [0.25, 0.3) is 0 Å². The van der Waals surface area contributed by atoms with Crippen molar-refractivity contribution in [3.8, 4) is 5.75 Å². The van der Waals surface area contributed by atoms with Crippen LogP contribution in [0.5, 0.6) is 5.75 Å². The highest BCUT2D eigenvalue weighted by molar-refractivity contribution is 6.47. The molecule has 126 valence electrons. The summed E-state index contributed by atoms with van der Waals surface area (Å²) in [6, 6.07) is 4.62. The van der Waals surface area contributed by atoms with Crippen molar-refractivity contribution in [2.24, 2.45) is 0 Å². The number of benzene rings is 1. The summed E-state index contributed by atoms with van der Waals surface area (Å²) in [5, 5.41) is 21.8. The van der Waals surface area contributed by atoms with E-state index < -0.39 is 31.0 Å². The first-order chi connectivity index (χ1) is 11.5. The molecule has 1 fully saturated rings. The van der Waals surface area contributed by atoms with Gasteiger partial charge in [-0.1, -0.05) is 12.1 Å². The number of ether oxygens (including phenoxy) is 1. The highest BCUT2D eigenvalue weighted by Crippen LogP contribution is 2.30. The summed E-state index contributed by atoms with van der Waals surface area (Å²) in [7, 11) is -1.38. The first kappa shape index (κ1) is 16.1. The molecule has 1 aromatic carbocycles. The van der Waals surface area contributed by atoms with E-state index in [-0.39, 0.29) is 30.9 Å². The third-order valence-corrected chi connectivity index (χ3v) is 3.88. The number of rotatable bonds is 4. The predicted molar refractivity (Wildman–Crippen MR) is 80.6 cm³/mol. The van der Waals surface area contributed by atoms with E-state index in [1.54, 1.807) is 12.1 Å². The zero-order chi connectivity index (χ0) is 17.3. The molecule has 1 unspecified atom stereocenters. The summed E-state index contributed by atoms with van der Waals surface area (Å²) in [6.07, 6.45) is -0.338. The van der Waals surface area contributed by atoms with E-state index in [1.807, 2.05) is 0 Å². The fourth-order valence-electron chi connectivity index (χ4n) is 2.71. The minimum Gasteiger partial charge on any atom is -0.534 e. The first-order valence-corrected chi connectivity index (χ1v) is 7.36. The SMILES string of the molecule is O=C(CN1CCOC1=O)NC1Cc2cccc(C(=O)O)c2OB1O. The average Bonchev–Trinajstić information content (AvgIpc) is 2.92. The van der Waals surface area contributed by atoms with Gasteiger partial charge in [0.15, 0.2) is 0 Å². The molecule has 9 nitrogen and oxygen atoms in total. The number of cyclic esters (lactones) is 1. The number of aromatic carboxylic acids is 1. The molecule has 2 heterocycles. The van der Waals surface area contributed by atoms with Gasteiger partial charge in [-0.3, -0.25) is 9.69 Å². The van der Waals surface area contributed by atoms with E-state index in [0.29, 0.717) is 12.1 Å². The highest BCUT2D eigenvalue weighted by atomic mass is 16.6. The van der Waals surface area contributed by atoms with Crippen LogP contribution in [-0.2, 0) is 16.0 Å². The maximum Gasteiger partial charge on any atom is 0.547 e. The van der Waals surface area contributed by atoms with Crippen molar-refractivity contribution < 1.29 is 33.9 Å². The number of carboxylic acids is 1. The molecule has 1 atom stereocenters. The van der Waals surface area contributed by atoms with Crippen LogP contribution in [0.2, 0.25) is 0 Å². The number of hydrogen-bond acceptors (Lipinski definition) is 6. The van der Waals surface area contributed by atoms with Gasteiger partial charge in [0, 0.05) is 0 Å². The molecule has 0 saturated carbocycles. The second kappa shape index (κ2) is 6.40. The quantitative estimate of drug-likeness (QED) is 0.620. The van der Waals surface area contributed by atoms with Crippen LogP contribution in [0, 0.1) is 0 Å². The zero-order valence-corrected chi connectivity index (χ0v) is 12.6. The number of nitrogens with one attached hydrogen (secondary N) is 1. The number of fused-ring (bicyclic) bond motifs is 1. The minimum absolute atomic E-state index is 0.0452. The Morgan fingerprint density at radius 3 is 2.88 bits per heavy atom. The molecule has 1 aromatic rings. The molecule has 24 heavy (non-hydrogen) atoms. The smallest absolute Gasteiger partial charge is 0.534 e. The van der Waals surface area contributed by atoms with Crippen LogP contribution < -0.4 is 9.97 Å². The molecule has 2 aliphatic rings. The molecule has 1 saturated heterocycles. The molecule has 3 rings (SSSR count). The van der Waals surface area contributed by atoms with Crippen molar-refractivity contribution in [2.45, 2.75) is 12.4 Å². The van der Waals surface area contributed by atoms with Gasteiger partial charge >= 0.3 is 19.2 Å². The number of para-hydroxylation sites is 1. The number of carbonyl (C=O) groups excluding carboxylic acids is 2. The maximum atomic E-state index is 12.0. The minimum atomic E-state index is -1.38. The number of nitrogens with zero attached hydrogens (tertiary/aromatic N) is 1. The molecule has 0 radical (unpaired) electrons. The van der Waals surface area contributed by atoms with Gasteiger partial charge in [0.05, 0.1) is 18.0 Å². The van der Waals surface area contributed by atoms with Gasteiger partial charge in [-0.15, -0.1) is 0 Å². The highest BCUT2D eigenvalue weighted by Gasteiger charge is 2.38. The molecular formula is C14H15BN2O7. The molecule has 0 bridgehead atoms. The normalized spacial score (nSPS) is 19.4. The van der Waals surface area contributed by atoms with Crippen LogP contribution in [-0.4, -0.2) is 65.8 Å². The van der Waals surface area contributed by atoms with E-state index in [0.717, 1.165) is 0 Å². The van der Waals surface area contributed by atoms with E-state index in [1.165, 1.54) is 11.0 Å². The Bertz CT molecular complexity index is 696. The molecule has 3 N–H and O–H groups in total. The lowest BCUT2D eigenvalue weighted by molar-refractivity contribution is -0.122. The summed E-state index contributed by atoms with van der Waals surface area (Å²) >= 11 is 0. The summed E-state index contributed by atoms with van der Waals surface area (Å²) in [6.45, 7) is 0.400. The monoisotopic (exact) mass is 334 g/mol. The topological polar surface area (TPSA) is 125 Å².